The Morgan fingerprint density at radius 3 is 2.90 bits per heavy atom. The van der Waals surface area contributed by atoms with E-state index in [1.165, 1.54) is 6.20 Å². The number of carboxylic acids is 1. The summed E-state index contributed by atoms with van der Waals surface area (Å²) in [5.41, 5.74) is 6.10. The Hall–Kier alpha value is -2.00. The molecule has 21 heavy (non-hydrogen) atoms. The number of aromatic carboxylic acids is 1. The molecule has 0 amide bonds. The molecule has 0 spiro atoms. The monoisotopic (exact) mass is 312 g/mol. The highest BCUT2D eigenvalue weighted by molar-refractivity contribution is 7.91. The molecule has 0 radical (unpaired) electrons. The lowest BCUT2D eigenvalue weighted by molar-refractivity contribution is 0.0691. The largest absolute Gasteiger partial charge is 0.476 e. The molecule has 0 bridgehead atoms. The summed E-state index contributed by atoms with van der Waals surface area (Å²) in [6.07, 6.45) is 3.34. The Labute approximate surface area is 122 Å². The third-order valence-corrected chi connectivity index (χ3v) is 5.27. The van der Waals surface area contributed by atoms with E-state index in [9.17, 15) is 13.2 Å². The Bertz CT molecular complexity index is 699. The molecule has 0 aromatic carbocycles. The number of nitrogen functional groups attached to an aromatic ring is 1. The van der Waals surface area contributed by atoms with Crippen molar-refractivity contribution in [2.75, 3.05) is 18.0 Å². The number of sulfone groups is 1. The maximum atomic E-state index is 11.9. The number of carboxylic acid groups (broad SMARTS) is 1. The molecule has 0 saturated carbocycles. The standard InChI is InChI=1S/C12H16N4O4S/c1-2-21(19,20)9-5-7(3-4-14-9)8-6-15-11(13)10(16-8)12(17)18/h3,6,9,14H,2,4-5H2,1H3,(H2,13,15)(H,17,18). The first-order valence-corrected chi connectivity index (χ1v) is 8.07. The van der Waals surface area contributed by atoms with Crippen LogP contribution in [0.4, 0.5) is 5.82 Å². The third-order valence-electron chi connectivity index (χ3n) is 3.27. The van der Waals surface area contributed by atoms with Crippen LogP contribution in [0.1, 0.15) is 29.5 Å². The number of carbonyl (C=O) groups is 1. The number of rotatable bonds is 4. The highest BCUT2D eigenvalue weighted by Gasteiger charge is 2.27. The summed E-state index contributed by atoms with van der Waals surface area (Å²) < 4.78 is 23.8. The molecule has 0 fully saturated rings. The summed E-state index contributed by atoms with van der Waals surface area (Å²) in [4.78, 5) is 18.8. The van der Waals surface area contributed by atoms with Crippen LogP contribution in [-0.2, 0) is 9.84 Å². The van der Waals surface area contributed by atoms with Crippen molar-refractivity contribution in [3.05, 3.63) is 23.7 Å². The van der Waals surface area contributed by atoms with Crippen molar-refractivity contribution >= 4 is 27.2 Å². The molecule has 1 aromatic rings. The van der Waals surface area contributed by atoms with Crippen LogP contribution < -0.4 is 11.1 Å². The quantitative estimate of drug-likeness (QED) is 0.701. The van der Waals surface area contributed by atoms with Crippen molar-refractivity contribution in [2.45, 2.75) is 18.7 Å². The van der Waals surface area contributed by atoms with Gasteiger partial charge < -0.3 is 10.8 Å². The number of anilines is 1. The number of hydrogen-bond acceptors (Lipinski definition) is 7. The molecule has 8 nitrogen and oxygen atoms in total. The van der Waals surface area contributed by atoms with E-state index in [1.54, 1.807) is 13.0 Å². The van der Waals surface area contributed by atoms with Crippen LogP contribution in [-0.4, -0.2) is 47.1 Å². The van der Waals surface area contributed by atoms with Crippen LogP contribution >= 0.6 is 0 Å². The topological polar surface area (TPSA) is 135 Å². The van der Waals surface area contributed by atoms with Gasteiger partial charge in [-0.2, -0.15) is 0 Å². The molecule has 1 aliphatic rings. The van der Waals surface area contributed by atoms with Gasteiger partial charge in [-0.1, -0.05) is 13.0 Å². The van der Waals surface area contributed by atoms with Crippen molar-refractivity contribution in [1.82, 2.24) is 15.3 Å². The van der Waals surface area contributed by atoms with Gasteiger partial charge in [-0.25, -0.2) is 23.2 Å². The van der Waals surface area contributed by atoms with Gasteiger partial charge in [-0.05, 0) is 5.57 Å². The van der Waals surface area contributed by atoms with E-state index < -0.39 is 21.2 Å². The van der Waals surface area contributed by atoms with Gasteiger partial charge in [0.1, 0.15) is 5.37 Å². The van der Waals surface area contributed by atoms with E-state index in [4.69, 9.17) is 10.8 Å². The molecule has 1 atom stereocenters. The summed E-state index contributed by atoms with van der Waals surface area (Å²) in [6, 6.07) is 0. The highest BCUT2D eigenvalue weighted by atomic mass is 32.2. The van der Waals surface area contributed by atoms with Crippen LogP contribution in [0, 0.1) is 0 Å². The van der Waals surface area contributed by atoms with Crippen LogP contribution in [0.25, 0.3) is 5.57 Å². The first kappa shape index (κ1) is 15.4. The molecule has 1 aliphatic heterocycles. The molecule has 9 heteroatoms. The summed E-state index contributed by atoms with van der Waals surface area (Å²) in [7, 11) is -3.24. The third kappa shape index (κ3) is 3.19. The zero-order valence-electron chi connectivity index (χ0n) is 11.4. The van der Waals surface area contributed by atoms with Crippen LogP contribution in [0.5, 0.6) is 0 Å². The fourth-order valence-electron chi connectivity index (χ4n) is 2.04. The van der Waals surface area contributed by atoms with Crippen molar-refractivity contribution in [2.24, 2.45) is 0 Å². The number of aromatic nitrogens is 2. The number of nitrogens with zero attached hydrogens (tertiary/aromatic N) is 2. The molecule has 2 rings (SSSR count). The summed E-state index contributed by atoms with van der Waals surface area (Å²) in [5.74, 6) is -1.40. The molecule has 1 aromatic heterocycles. The van der Waals surface area contributed by atoms with Crippen LogP contribution in [0.15, 0.2) is 12.3 Å². The van der Waals surface area contributed by atoms with E-state index in [2.05, 4.69) is 15.3 Å². The Morgan fingerprint density at radius 1 is 1.57 bits per heavy atom. The second-order valence-corrected chi connectivity index (χ2v) is 7.05. The molecular formula is C12H16N4O4S. The summed E-state index contributed by atoms with van der Waals surface area (Å²) in [6.45, 7) is 1.95. The van der Waals surface area contributed by atoms with Gasteiger partial charge in [0, 0.05) is 18.7 Å². The van der Waals surface area contributed by atoms with Crippen molar-refractivity contribution in [3.63, 3.8) is 0 Å². The van der Waals surface area contributed by atoms with E-state index >= 15 is 0 Å². The van der Waals surface area contributed by atoms with E-state index in [1.807, 2.05) is 0 Å². The maximum Gasteiger partial charge on any atom is 0.358 e. The Balaban J connectivity index is 2.33. The number of hydrogen-bond donors (Lipinski definition) is 3. The highest BCUT2D eigenvalue weighted by Crippen LogP contribution is 2.24. The molecule has 114 valence electrons. The lowest BCUT2D eigenvalue weighted by Gasteiger charge is -2.23. The first-order chi connectivity index (χ1) is 9.85. The lowest BCUT2D eigenvalue weighted by Crippen LogP contribution is -2.40. The van der Waals surface area contributed by atoms with E-state index in [-0.39, 0.29) is 23.7 Å². The van der Waals surface area contributed by atoms with Gasteiger partial charge in [-0.3, -0.25) is 5.32 Å². The maximum absolute atomic E-state index is 11.9. The predicted molar refractivity (Wildman–Crippen MR) is 77.2 cm³/mol. The molecule has 4 N–H and O–H groups in total. The lowest BCUT2D eigenvalue weighted by atomic mass is 10.1. The first-order valence-electron chi connectivity index (χ1n) is 6.35. The van der Waals surface area contributed by atoms with E-state index in [0.29, 0.717) is 17.8 Å². The molecule has 0 aliphatic carbocycles. The minimum absolute atomic E-state index is 0.0335. The Morgan fingerprint density at radius 2 is 2.29 bits per heavy atom. The van der Waals surface area contributed by atoms with Crippen LogP contribution in [0.3, 0.4) is 0 Å². The smallest absolute Gasteiger partial charge is 0.358 e. The van der Waals surface area contributed by atoms with Crippen LogP contribution in [0.2, 0.25) is 0 Å². The minimum Gasteiger partial charge on any atom is -0.476 e. The van der Waals surface area contributed by atoms with Gasteiger partial charge in [0.2, 0.25) is 0 Å². The molecule has 0 saturated heterocycles. The van der Waals surface area contributed by atoms with Gasteiger partial charge in [0.05, 0.1) is 11.9 Å². The fraction of sp³-hybridized carbons (Fsp3) is 0.417. The van der Waals surface area contributed by atoms with Gasteiger partial charge in [0.15, 0.2) is 21.3 Å². The second kappa shape index (κ2) is 5.78. The van der Waals surface area contributed by atoms with Gasteiger partial charge >= 0.3 is 5.97 Å². The zero-order chi connectivity index (χ0) is 15.6. The van der Waals surface area contributed by atoms with Crippen molar-refractivity contribution in [3.8, 4) is 0 Å². The van der Waals surface area contributed by atoms with E-state index in [0.717, 1.165) is 0 Å². The Kier molecular flexibility index (Phi) is 4.24. The van der Waals surface area contributed by atoms with Crippen molar-refractivity contribution in [1.29, 1.82) is 0 Å². The average molecular weight is 312 g/mol. The zero-order valence-corrected chi connectivity index (χ0v) is 12.2. The van der Waals surface area contributed by atoms with Crippen molar-refractivity contribution < 1.29 is 18.3 Å². The second-order valence-electron chi connectivity index (χ2n) is 4.58. The molecule has 1 unspecified atom stereocenters. The van der Waals surface area contributed by atoms with Gasteiger partial charge in [-0.15, -0.1) is 0 Å². The fourth-order valence-corrected chi connectivity index (χ4v) is 3.23. The average Bonchev–Trinajstić information content (AvgIpc) is 2.47. The minimum atomic E-state index is -3.24. The normalized spacial score (nSPS) is 19.1. The van der Waals surface area contributed by atoms with Gasteiger partial charge in [0.25, 0.3) is 0 Å². The predicted octanol–water partition coefficient (Wildman–Crippen LogP) is -0.105. The summed E-state index contributed by atoms with van der Waals surface area (Å²) in [5, 5.41) is 11.2. The molecular weight excluding hydrogens is 296 g/mol. The summed E-state index contributed by atoms with van der Waals surface area (Å²) >= 11 is 0. The molecule has 2 heterocycles. The number of nitrogens with one attached hydrogen (secondary N) is 1. The SMILES string of the molecule is CCS(=O)(=O)C1CC(c2cnc(N)c(C(=O)O)n2)=CCN1. The number of nitrogens with two attached hydrogens (primary N) is 1.